The number of aromatic nitrogens is 1. The Bertz CT molecular complexity index is 745. The van der Waals surface area contributed by atoms with E-state index >= 15 is 0 Å². The first-order chi connectivity index (χ1) is 11.9. The van der Waals surface area contributed by atoms with Crippen LogP contribution < -0.4 is 4.90 Å². The van der Waals surface area contributed by atoms with Crippen LogP contribution in [0.25, 0.3) is 0 Å². The number of piperazine rings is 1. The first-order valence-corrected chi connectivity index (χ1v) is 10.1. The summed E-state index contributed by atoms with van der Waals surface area (Å²) in [6, 6.07) is 5.27. The molecule has 0 bridgehead atoms. The molecule has 0 saturated carbocycles. The predicted octanol–water partition coefficient (Wildman–Crippen LogP) is -0.624. The van der Waals surface area contributed by atoms with Crippen molar-refractivity contribution in [2.24, 2.45) is 0 Å². The van der Waals surface area contributed by atoms with E-state index in [1.807, 2.05) is 18.2 Å². The summed E-state index contributed by atoms with van der Waals surface area (Å²) < 4.78 is 23.1. The number of carbonyl (C=O) groups is 2. The highest BCUT2D eigenvalue weighted by Gasteiger charge is 2.36. The summed E-state index contributed by atoms with van der Waals surface area (Å²) in [5.41, 5.74) is 0. The van der Waals surface area contributed by atoms with Crippen LogP contribution in [0.1, 0.15) is 6.42 Å². The van der Waals surface area contributed by atoms with Gasteiger partial charge in [-0.15, -0.1) is 0 Å². The fourth-order valence-corrected chi connectivity index (χ4v) is 4.99. The number of sulfone groups is 1. The molecule has 0 aliphatic carbocycles. The van der Waals surface area contributed by atoms with E-state index in [1.54, 1.807) is 6.20 Å². The molecule has 25 heavy (non-hydrogen) atoms. The predicted molar refractivity (Wildman–Crippen MR) is 92.9 cm³/mol. The van der Waals surface area contributed by atoms with Crippen molar-refractivity contribution in [2.45, 2.75) is 12.5 Å². The monoisotopic (exact) mass is 366 g/mol. The van der Waals surface area contributed by atoms with Gasteiger partial charge in [-0.05, 0) is 18.6 Å². The number of carbonyl (C=O) groups excluding carboxylic acids is 2. The Morgan fingerprint density at radius 1 is 1.20 bits per heavy atom. The highest BCUT2D eigenvalue weighted by Crippen LogP contribution is 2.18. The zero-order valence-electron chi connectivity index (χ0n) is 14.2. The Balaban J connectivity index is 1.56. The highest BCUT2D eigenvalue weighted by molar-refractivity contribution is 7.91. The highest BCUT2D eigenvalue weighted by atomic mass is 32.2. The zero-order chi connectivity index (χ0) is 18.0. The van der Waals surface area contributed by atoms with Gasteiger partial charge in [-0.1, -0.05) is 6.07 Å². The van der Waals surface area contributed by atoms with Crippen LogP contribution >= 0.6 is 0 Å². The molecule has 1 unspecified atom stereocenters. The minimum atomic E-state index is -3.09. The van der Waals surface area contributed by atoms with E-state index in [0.717, 1.165) is 5.82 Å². The fraction of sp³-hybridized carbons (Fsp3) is 0.562. The molecule has 2 fully saturated rings. The lowest BCUT2D eigenvalue weighted by Crippen LogP contribution is -2.54. The summed E-state index contributed by atoms with van der Waals surface area (Å²) in [4.78, 5) is 34.0. The van der Waals surface area contributed by atoms with Gasteiger partial charge in [0.1, 0.15) is 5.82 Å². The van der Waals surface area contributed by atoms with Crippen LogP contribution in [0, 0.1) is 0 Å². The van der Waals surface area contributed by atoms with Crippen molar-refractivity contribution in [3.63, 3.8) is 0 Å². The summed E-state index contributed by atoms with van der Waals surface area (Å²) in [5, 5.41) is 0. The van der Waals surface area contributed by atoms with Gasteiger partial charge < -0.3 is 14.7 Å². The summed E-state index contributed by atoms with van der Waals surface area (Å²) in [6.07, 6.45) is 2.12. The lowest BCUT2D eigenvalue weighted by atomic mass is 10.2. The van der Waals surface area contributed by atoms with E-state index in [4.69, 9.17) is 0 Å². The van der Waals surface area contributed by atoms with Crippen molar-refractivity contribution in [2.75, 3.05) is 49.6 Å². The molecule has 2 aliphatic heterocycles. The van der Waals surface area contributed by atoms with Gasteiger partial charge >= 0.3 is 11.8 Å². The first-order valence-electron chi connectivity index (χ1n) is 8.30. The molecule has 8 nitrogen and oxygen atoms in total. The van der Waals surface area contributed by atoms with Gasteiger partial charge in [0.2, 0.25) is 0 Å². The number of rotatable bonds is 2. The second-order valence-corrected chi connectivity index (χ2v) is 8.67. The second-order valence-electron chi connectivity index (χ2n) is 6.44. The maximum atomic E-state index is 12.5. The molecule has 9 heteroatoms. The molecule has 0 spiro atoms. The molecule has 1 aromatic rings. The van der Waals surface area contributed by atoms with Crippen LogP contribution in [-0.4, -0.2) is 85.8 Å². The van der Waals surface area contributed by atoms with E-state index in [-0.39, 0.29) is 11.5 Å². The lowest BCUT2D eigenvalue weighted by Gasteiger charge is -2.36. The number of hydrogen-bond acceptors (Lipinski definition) is 6. The minimum Gasteiger partial charge on any atom is -0.353 e. The van der Waals surface area contributed by atoms with Gasteiger partial charge in [0, 0.05) is 45.5 Å². The van der Waals surface area contributed by atoms with Crippen molar-refractivity contribution in [1.29, 1.82) is 0 Å². The van der Waals surface area contributed by atoms with Crippen molar-refractivity contribution in [1.82, 2.24) is 14.8 Å². The number of nitrogens with zero attached hydrogens (tertiary/aromatic N) is 4. The Labute approximate surface area is 147 Å². The van der Waals surface area contributed by atoms with Crippen molar-refractivity contribution >= 4 is 27.5 Å². The smallest absolute Gasteiger partial charge is 0.312 e. The molecule has 0 N–H and O–H groups in total. The number of amides is 2. The molecule has 3 heterocycles. The number of anilines is 1. The van der Waals surface area contributed by atoms with Crippen LogP contribution in [-0.2, 0) is 19.4 Å². The Morgan fingerprint density at radius 3 is 2.48 bits per heavy atom. The van der Waals surface area contributed by atoms with Gasteiger partial charge in [0.25, 0.3) is 0 Å². The van der Waals surface area contributed by atoms with Gasteiger partial charge in [0.15, 0.2) is 9.84 Å². The summed E-state index contributed by atoms with van der Waals surface area (Å²) in [7, 11) is -1.59. The van der Waals surface area contributed by atoms with E-state index < -0.39 is 27.7 Å². The zero-order valence-corrected chi connectivity index (χ0v) is 15.0. The molecule has 1 atom stereocenters. The number of likely N-dealkylation sites (N-methyl/N-ethyl adjacent to an activating group) is 1. The van der Waals surface area contributed by atoms with E-state index in [0.29, 0.717) is 32.6 Å². The summed E-state index contributed by atoms with van der Waals surface area (Å²) in [6.45, 7) is 2.10. The van der Waals surface area contributed by atoms with Gasteiger partial charge in [-0.3, -0.25) is 9.59 Å². The average molecular weight is 366 g/mol. The van der Waals surface area contributed by atoms with Crippen LogP contribution in [0.2, 0.25) is 0 Å². The van der Waals surface area contributed by atoms with Crippen LogP contribution in [0.4, 0.5) is 5.82 Å². The minimum absolute atomic E-state index is 0.0595. The van der Waals surface area contributed by atoms with Crippen molar-refractivity contribution in [3.8, 4) is 0 Å². The van der Waals surface area contributed by atoms with Crippen LogP contribution in [0.5, 0.6) is 0 Å². The van der Waals surface area contributed by atoms with Crippen molar-refractivity contribution in [3.05, 3.63) is 24.4 Å². The van der Waals surface area contributed by atoms with Gasteiger partial charge in [-0.25, -0.2) is 13.4 Å². The molecule has 2 saturated heterocycles. The average Bonchev–Trinajstić information content (AvgIpc) is 3.00. The van der Waals surface area contributed by atoms with Gasteiger partial charge in [-0.2, -0.15) is 0 Å². The quantitative estimate of drug-likeness (QED) is 0.648. The largest absolute Gasteiger partial charge is 0.353 e. The first kappa shape index (κ1) is 17.7. The lowest BCUT2D eigenvalue weighted by molar-refractivity contribution is -0.152. The second kappa shape index (κ2) is 6.99. The molecule has 3 rings (SSSR count). The third-order valence-electron chi connectivity index (χ3n) is 4.80. The molecule has 2 amide bonds. The molecular weight excluding hydrogens is 344 g/mol. The molecule has 0 radical (unpaired) electrons. The molecule has 136 valence electrons. The summed E-state index contributed by atoms with van der Waals surface area (Å²) >= 11 is 0. The SMILES string of the molecule is CN(C(=O)C(=O)N1CCN(c2ccccn2)CC1)C1CCS(=O)(=O)C1. The van der Waals surface area contributed by atoms with E-state index in [9.17, 15) is 18.0 Å². The van der Waals surface area contributed by atoms with Crippen LogP contribution in [0.3, 0.4) is 0 Å². The molecule has 0 aromatic carbocycles. The van der Waals surface area contributed by atoms with Gasteiger partial charge in [0.05, 0.1) is 11.5 Å². The Morgan fingerprint density at radius 2 is 1.92 bits per heavy atom. The topological polar surface area (TPSA) is 90.9 Å². The number of hydrogen-bond donors (Lipinski definition) is 0. The van der Waals surface area contributed by atoms with Crippen molar-refractivity contribution < 1.29 is 18.0 Å². The fourth-order valence-electron chi connectivity index (χ4n) is 3.21. The molecule has 2 aliphatic rings. The third-order valence-corrected chi connectivity index (χ3v) is 6.55. The van der Waals surface area contributed by atoms with E-state index in [2.05, 4.69) is 9.88 Å². The number of pyridine rings is 1. The standard InChI is InChI=1S/C16H22N4O4S/c1-18(13-5-11-25(23,24)12-13)15(21)16(22)20-9-7-19(8-10-20)14-4-2-3-6-17-14/h2-4,6,13H,5,7-12H2,1H3. The normalized spacial score (nSPS) is 22.7. The summed E-state index contributed by atoms with van der Waals surface area (Å²) in [5.74, 6) is -0.322. The maximum Gasteiger partial charge on any atom is 0.312 e. The van der Waals surface area contributed by atoms with Crippen LogP contribution in [0.15, 0.2) is 24.4 Å². The third kappa shape index (κ3) is 3.92. The molecule has 1 aromatic heterocycles. The Hall–Kier alpha value is -2.16. The van der Waals surface area contributed by atoms with E-state index in [1.165, 1.54) is 16.8 Å². The Kier molecular flexibility index (Phi) is 4.94. The molecular formula is C16H22N4O4S. The maximum absolute atomic E-state index is 12.5.